The number of hydrogen-bond donors (Lipinski definition) is 1. The normalized spacial score (nSPS) is 11.2. The third-order valence-corrected chi connectivity index (χ3v) is 7.37. The number of anilines is 1. The van der Waals surface area contributed by atoms with Gasteiger partial charge in [-0.25, -0.2) is 8.42 Å². The summed E-state index contributed by atoms with van der Waals surface area (Å²) in [5, 5.41) is 3.65. The van der Waals surface area contributed by atoms with Crippen molar-refractivity contribution < 1.29 is 13.2 Å². The number of carbonyl (C=O) groups is 1. The highest BCUT2D eigenvalue weighted by Crippen LogP contribution is 2.22. The lowest BCUT2D eigenvalue weighted by atomic mass is 10.1. The largest absolute Gasteiger partial charge is 0.351 e. The van der Waals surface area contributed by atoms with Crippen molar-refractivity contribution in [2.45, 2.75) is 19.2 Å². The molecule has 33 heavy (non-hydrogen) atoms. The van der Waals surface area contributed by atoms with Crippen molar-refractivity contribution in [1.29, 1.82) is 0 Å². The third kappa shape index (κ3) is 7.81. The number of sulfonamides is 1. The number of carbonyl (C=O) groups excluding carboxylic acids is 1. The van der Waals surface area contributed by atoms with Gasteiger partial charge < -0.3 is 5.32 Å². The molecule has 174 valence electrons. The fraction of sp³-hybridized carbons (Fsp3) is 0.240. The van der Waals surface area contributed by atoms with E-state index in [9.17, 15) is 13.2 Å². The zero-order chi connectivity index (χ0) is 23.8. The summed E-state index contributed by atoms with van der Waals surface area (Å²) in [7, 11) is -3.45. The summed E-state index contributed by atoms with van der Waals surface area (Å²) in [4.78, 5) is 12.4. The van der Waals surface area contributed by atoms with Crippen LogP contribution in [0.1, 0.15) is 27.0 Å². The number of benzene rings is 3. The first-order chi connectivity index (χ1) is 15.7. The van der Waals surface area contributed by atoms with E-state index in [-0.39, 0.29) is 12.5 Å². The predicted molar refractivity (Wildman–Crippen MR) is 139 cm³/mol. The van der Waals surface area contributed by atoms with Crippen LogP contribution in [0.4, 0.5) is 5.69 Å². The second-order valence-electron chi connectivity index (χ2n) is 7.74. The Bertz CT molecular complexity index is 1180. The van der Waals surface area contributed by atoms with E-state index < -0.39 is 10.0 Å². The van der Waals surface area contributed by atoms with Gasteiger partial charge in [0, 0.05) is 28.6 Å². The summed E-state index contributed by atoms with van der Waals surface area (Å²) in [6.07, 6.45) is 1.20. The average molecular weight is 503 g/mol. The second kappa shape index (κ2) is 11.6. The van der Waals surface area contributed by atoms with E-state index >= 15 is 0 Å². The predicted octanol–water partition coefficient (Wildman–Crippen LogP) is 5.28. The second-order valence-corrected chi connectivity index (χ2v) is 11.2. The first-order valence-corrected chi connectivity index (χ1v) is 13.8. The van der Waals surface area contributed by atoms with Crippen LogP contribution in [-0.2, 0) is 22.3 Å². The number of thioether (sulfide) groups is 1. The van der Waals surface area contributed by atoms with Crippen LogP contribution < -0.4 is 9.62 Å². The van der Waals surface area contributed by atoms with Crippen molar-refractivity contribution in [1.82, 2.24) is 5.32 Å². The minimum absolute atomic E-state index is 0.146. The smallest absolute Gasteiger partial charge is 0.251 e. The molecule has 8 heteroatoms. The molecule has 0 spiro atoms. The number of nitrogens with one attached hydrogen (secondary N) is 1. The molecule has 0 saturated carbocycles. The van der Waals surface area contributed by atoms with Crippen LogP contribution in [0.15, 0.2) is 72.8 Å². The zero-order valence-corrected chi connectivity index (χ0v) is 21.0. The number of nitrogens with zero attached hydrogens (tertiary/aromatic N) is 1. The highest BCUT2D eigenvalue weighted by Gasteiger charge is 2.18. The molecule has 0 aromatic heterocycles. The van der Waals surface area contributed by atoms with Gasteiger partial charge in [0.15, 0.2) is 0 Å². The van der Waals surface area contributed by atoms with E-state index in [1.807, 2.05) is 49.4 Å². The molecule has 0 aliphatic rings. The van der Waals surface area contributed by atoms with Crippen molar-refractivity contribution in [2.24, 2.45) is 0 Å². The van der Waals surface area contributed by atoms with Crippen molar-refractivity contribution in [3.05, 3.63) is 100 Å². The van der Waals surface area contributed by atoms with Gasteiger partial charge in [0.25, 0.3) is 5.91 Å². The van der Waals surface area contributed by atoms with Gasteiger partial charge in [-0.15, -0.1) is 0 Å². The molecule has 5 nitrogen and oxygen atoms in total. The van der Waals surface area contributed by atoms with Crippen molar-refractivity contribution in [3.8, 4) is 0 Å². The maximum Gasteiger partial charge on any atom is 0.251 e. The Labute approximate surface area is 205 Å². The van der Waals surface area contributed by atoms with Gasteiger partial charge >= 0.3 is 0 Å². The molecular formula is C25H27ClN2O3S2. The summed E-state index contributed by atoms with van der Waals surface area (Å²) < 4.78 is 26.1. The average Bonchev–Trinajstić information content (AvgIpc) is 2.78. The van der Waals surface area contributed by atoms with Gasteiger partial charge in [0.2, 0.25) is 10.0 Å². The third-order valence-electron chi connectivity index (χ3n) is 4.95. The van der Waals surface area contributed by atoms with Crippen LogP contribution in [0.5, 0.6) is 0 Å². The molecule has 0 aliphatic heterocycles. The monoisotopic (exact) mass is 502 g/mol. The Kier molecular flexibility index (Phi) is 8.83. The van der Waals surface area contributed by atoms with Gasteiger partial charge in [0.05, 0.1) is 18.5 Å². The van der Waals surface area contributed by atoms with E-state index in [4.69, 9.17) is 11.6 Å². The van der Waals surface area contributed by atoms with Crippen LogP contribution in [0.25, 0.3) is 0 Å². The maximum atomic E-state index is 12.4. The number of rotatable bonds is 10. The molecule has 3 rings (SSSR count). The van der Waals surface area contributed by atoms with Gasteiger partial charge in [-0.05, 0) is 60.0 Å². The van der Waals surface area contributed by atoms with E-state index in [2.05, 4.69) is 5.32 Å². The highest BCUT2D eigenvalue weighted by molar-refractivity contribution is 7.98. The fourth-order valence-electron chi connectivity index (χ4n) is 3.22. The van der Waals surface area contributed by atoms with E-state index in [1.165, 1.54) is 16.1 Å². The maximum absolute atomic E-state index is 12.4. The molecule has 0 fully saturated rings. The molecule has 0 heterocycles. The molecular weight excluding hydrogens is 476 g/mol. The topological polar surface area (TPSA) is 66.5 Å². The van der Waals surface area contributed by atoms with Gasteiger partial charge in [-0.3, -0.25) is 9.10 Å². The van der Waals surface area contributed by atoms with Crippen LogP contribution in [0, 0.1) is 6.92 Å². The number of amides is 1. The van der Waals surface area contributed by atoms with Crippen molar-refractivity contribution >= 4 is 45.0 Å². The molecule has 1 amide bonds. The summed E-state index contributed by atoms with van der Waals surface area (Å²) in [6.45, 7) is 2.69. The van der Waals surface area contributed by atoms with E-state index in [0.29, 0.717) is 17.8 Å². The zero-order valence-electron chi connectivity index (χ0n) is 18.6. The quantitative estimate of drug-likeness (QED) is 0.383. The molecule has 0 bridgehead atoms. The van der Waals surface area contributed by atoms with E-state index in [1.54, 1.807) is 42.1 Å². The summed E-state index contributed by atoms with van der Waals surface area (Å²) >= 11 is 7.63. The molecule has 1 N–H and O–H groups in total. The Morgan fingerprint density at radius 2 is 1.67 bits per heavy atom. The summed E-state index contributed by atoms with van der Waals surface area (Å²) in [6, 6.07) is 22.2. The van der Waals surface area contributed by atoms with E-state index in [0.717, 1.165) is 27.7 Å². The SMILES string of the molecule is Cc1cccc(N(Cc2ccc(C(=O)NCCSCc3ccc(Cl)cc3)cc2)S(C)(=O)=O)c1. The molecule has 0 aliphatic carbocycles. The minimum Gasteiger partial charge on any atom is -0.351 e. The minimum atomic E-state index is -3.45. The summed E-state index contributed by atoms with van der Waals surface area (Å²) in [5.41, 5.74) is 4.15. The fourth-order valence-corrected chi connectivity index (χ4v) is 5.04. The standard InChI is InChI=1S/C25H27ClN2O3S2/c1-19-4-3-5-24(16-19)28(33(2,30)31)17-20-6-10-22(11-7-20)25(29)27-14-15-32-18-21-8-12-23(26)13-9-21/h3-13,16H,14-15,17-18H2,1-2H3,(H,27,29). The molecule has 0 unspecified atom stereocenters. The Balaban J connectivity index is 1.52. The van der Waals surface area contributed by atoms with Crippen molar-refractivity contribution in [3.63, 3.8) is 0 Å². The Hall–Kier alpha value is -2.48. The molecule has 3 aromatic rings. The van der Waals surface area contributed by atoms with Gasteiger partial charge in [-0.1, -0.05) is 48.0 Å². The molecule has 0 radical (unpaired) electrons. The lowest BCUT2D eigenvalue weighted by Gasteiger charge is -2.23. The lowest BCUT2D eigenvalue weighted by Crippen LogP contribution is -2.29. The van der Waals surface area contributed by atoms with Gasteiger partial charge in [0.1, 0.15) is 0 Å². The van der Waals surface area contributed by atoms with Gasteiger partial charge in [-0.2, -0.15) is 11.8 Å². The van der Waals surface area contributed by atoms with Crippen LogP contribution in [-0.4, -0.2) is 32.9 Å². The Morgan fingerprint density at radius 3 is 2.30 bits per heavy atom. The number of hydrogen-bond acceptors (Lipinski definition) is 4. The molecule has 0 atom stereocenters. The molecule has 0 saturated heterocycles. The number of aryl methyl sites for hydroxylation is 1. The Morgan fingerprint density at radius 1 is 1.00 bits per heavy atom. The lowest BCUT2D eigenvalue weighted by molar-refractivity contribution is 0.0956. The highest BCUT2D eigenvalue weighted by atomic mass is 35.5. The summed E-state index contributed by atoms with van der Waals surface area (Å²) in [5.74, 6) is 1.51. The molecule has 3 aromatic carbocycles. The first kappa shape index (κ1) is 25.1. The van der Waals surface area contributed by atoms with Crippen LogP contribution in [0.3, 0.4) is 0 Å². The number of halogens is 1. The van der Waals surface area contributed by atoms with Crippen molar-refractivity contribution in [2.75, 3.05) is 22.9 Å². The first-order valence-electron chi connectivity index (χ1n) is 10.5. The van der Waals surface area contributed by atoms with Crippen LogP contribution in [0.2, 0.25) is 5.02 Å². The van der Waals surface area contributed by atoms with Crippen LogP contribution >= 0.6 is 23.4 Å².